The van der Waals surface area contributed by atoms with Gasteiger partial charge in [0, 0.05) is 0 Å². The number of nitriles is 1. The summed E-state index contributed by atoms with van der Waals surface area (Å²) in [6.07, 6.45) is 0. The molecule has 0 aromatic heterocycles. The van der Waals surface area contributed by atoms with Crippen LogP contribution >= 0.6 is 0 Å². The van der Waals surface area contributed by atoms with E-state index < -0.39 is 10.0 Å². The quantitative estimate of drug-likeness (QED) is 0.941. The molecule has 0 heterocycles. The average molecular weight is 302 g/mol. The second-order valence-corrected chi connectivity index (χ2v) is 6.13. The third-order valence-electron chi connectivity index (χ3n) is 2.87. The smallest absolute Gasteiger partial charge is 0.262 e. The summed E-state index contributed by atoms with van der Waals surface area (Å²) in [5.41, 5.74) is 1.55. The molecule has 0 fully saturated rings. The maximum atomic E-state index is 12.4. The number of nitrogens with zero attached hydrogens (tertiary/aromatic N) is 1. The maximum absolute atomic E-state index is 12.4. The molecule has 0 saturated carbocycles. The van der Waals surface area contributed by atoms with E-state index in [1.807, 2.05) is 19.1 Å². The van der Waals surface area contributed by atoms with Crippen LogP contribution in [0.5, 0.6) is 5.75 Å². The van der Waals surface area contributed by atoms with Gasteiger partial charge >= 0.3 is 0 Å². The van der Waals surface area contributed by atoms with Gasteiger partial charge in [0.1, 0.15) is 5.75 Å². The number of benzene rings is 2. The van der Waals surface area contributed by atoms with Gasteiger partial charge in [-0.05, 0) is 42.8 Å². The Bertz CT molecular complexity index is 808. The fraction of sp³-hybridized carbons (Fsp3) is 0.133. The van der Waals surface area contributed by atoms with E-state index >= 15 is 0 Å². The van der Waals surface area contributed by atoms with E-state index in [4.69, 9.17) is 10.00 Å². The Morgan fingerprint density at radius 3 is 2.62 bits per heavy atom. The lowest BCUT2D eigenvalue weighted by Gasteiger charge is -2.12. The molecule has 2 aromatic carbocycles. The van der Waals surface area contributed by atoms with Crippen LogP contribution in [0.15, 0.2) is 47.4 Å². The summed E-state index contributed by atoms with van der Waals surface area (Å²) >= 11 is 0. The van der Waals surface area contributed by atoms with Gasteiger partial charge in [-0.3, -0.25) is 4.72 Å². The Balaban J connectivity index is 2.42. The zero-order valence-corrected chi connectivity index (χ0v) is 12.4. The molecule has 108 valence electrons. The zero-order chi connectivity index (χ0) is 15.5. The van der Waals surface area contributed by atoms with Gasteiger partial charge in [0.15, 0.2) is 0 Å². The molecular formula is C15H14N2O3S. The van der Waals surface area contributed by atoms with Gasteiger partial charge in [-0.1, -0.05) is 12.1 Å². The molecule has 1 N–H and O–H groups in total. The van der Waals surface area contributed by atoms with Gasteiger partial charge in [-0.15, -0.1) is 0 Å². The molecule has 0 radical (unpaired) electrons. The van der Waals surface area contributed by atoms with E-state index in [1.54, 1.807) is 18.2 Å². The molecule has 0 saturated heterocycles. The first-order valence-corrected chi connectivity index (χ1v) is 7.62. The molecule has 0 aliphatic heterocycles. The van der Waals surface area contributed by atoms with Crippen molar-refractivity contribution in [3.8, 4) is 11.8 Å². The van der Waals surface area contributed by atoms with E-state index in [9.17, 15) is 8.42 Å². The van der Waals surface area contributed by atoms with Crippen molar-refractivity contribution in [2.24, 2.45) is 0 Å². The lowest BCUT2D eigenvalue weighted by Crippen LogP contribution is -2.14. The Morgan fingerprint density at radius 2 is 1.95 bits per heavy atom. The molecule has 0 bridgehead atoms. The van der Waals surface area contributed by atoms with Crippen LogP contribution in [0.3, 0.4) is 0 Å². The summed E-state index contributed by atoms with van der Waals surface area (Å²) in [6.45, 7) is 1.85. The highest BCUT2D eigenvalue weighted by Gasteiger charge is 2.17. The monoisotopic (exact) mass is 302 g/mol. The van der Waals surface area contributed by atoms with E-state index in [1.165, 1.54) is 25.3 Å². The van der Waals surface area contributed by atoms with Crippen LogP contribution in [0.2, 0.25) is 0 Å². The van der Waals surface area contributed by atoms with Crippen LogP contribution < -0.4 is 9.46 Å². The number of hydrogen-bond acceptors (Lipinski definition) is 4. The standard InChI is InChI=1S/C15H14N2O3S/c1-11-6-7-15(20-2)14(8-11)17-21(18,19)13-5-3-4-12(9-13)10-16/h3-9,17H,1-2H3. The molecular weight excluding hydrogens is 288 g/mol. The second kappa shape index (κ2) is 5.85. The number of hydrogen-bond donors (Lipinski definition) is 1. The van der Waals surface area contributed by atoms with Gasteiger partial charge in [0.25, 0.3) is 10.0 Å². The minimum atomic E-state index is -3.78. The molecule has 2 rings (SSSR count). The lowest BCUT2D eigenvalue weighted by atomic mass is 10.2. The van der Waals surface area contributed by atoms with Crippen molar-refractivity contribution in [1.82, 2.24) is 0 Å². The van der Waals surface area contributed by atoms with Crippen molar-refractivity contribution in [3.05, 3.63) is 53.6 Å². The first-order chi connectivity index (χ1) is 9.96. The van der Waals surface area contributed by atoms with Crippen molar-refractivity contribution < 1.29 is 13.2 Å². The normalized spacial score (nSPS) is 10.7. The van der Waals surface area contributed by atoms with Crippen LogP contribution in [0.25, 0.3) is 0 Å². The van der Waals surface area contributed by atoms with Gasteiger partial charge in [0.2, 0.25) is 0 Å². The van der Waals surface area contributed by atoms with Gasteiger partial charge < -0.3 is 4.74 Å². The summed E-state index contributed by atoms with van der Waals surface area (Å²) in [5, 5.41) is 8.85. The zero-order valence-electron chi connectivity index (χ0n) is 11.6. The predicted octanol–water partition coefficient (Wildman–Crippen LogP) is 2.68. The molecule has 0 amide bonds. The summed E-state index contributed by atoms with van der Waals surface area (Å²) in [4.78, 5) is 0.0325. The predicted molar refractivity (Wildman–Crippen MR) is 79.7 cm³/mol. The first kappa shape index (κ1) is 14.9. The number of anilines is 1. The molecule has 6 heteroatoms. The second-order valence-electron chi connectivity index (χ2n) is 4.45. The first-order valence-electron chi connectivity index (χ1n) is 6.14. The number of sulfonamides is 1. The van der Waals surface area contributed by atoms with Gasteiger partial charge in [0.05, 0.1) is 29.3 Å². The largest absolute Gasteiger partial charge is 0.495 e. The maximum Gasteiger partial charge on any atom is 0.262 e. The van der Waals surface area contributed by atoms with Gasteiger partial charge in [-0.25, -0.2) is 8.42 Å². The van der Waals surface area contributed by atoms with Crippen LogP contribution in [-0.4, -0.2) is 15.5 Å². The molecule has 0 atom stereocenters. The van der Waals surface area contributed by atoms with Crippen LogP contribution in [0.1, 0.15) is 11.1 Å². The summed E-state index contributed by atoms with van der Waals surface area (Å²) in [5.74, 6) is 0.431. The highest BCUT2D eigenvalue weighted by Crippen LogP contribution is 2.27. The van der Waals surface area contributed by atoms with E-state index in [2.05, 4.69) is 4.72 Å². The van der Waals surface area contributed by atoms with Crippen LogP contribution in [0.4, 0.5) is 5.69 Å². The van der Waals surface area contributed by atoms with Crippen LogP contribution in [0, 0.1) is 18.3 Å². The third kappa shape index (κ3) is 3.33. The Labute approximate surface area is 123 Å². The lowest BCUT2D eigenvalue weighted by molar-refractivity contribution is 0.417. The molecule has 0 aliphatic carbocycles. The van der Waals surface area contributed by atoms with Gasteiger partial charge in [-0.2, -0.15) is 5.26 Å². The molecule has 0 aliphatic rings. The fourth-order valence-corrected chi connectivity index (χ4v) is 2.94. The number of rotatable bonds is 4. The Hall–Kier alpha value is -2.52. The molecule has 0 spiro atoms. The summed E-state index contributed by atoms with van der Waals surface area (Å²) < 4.78 is 32.4. The molecule has 2 aromatic rings. The van der Waals surface area contributed by atoms with Crippen molar-refractivity contribution in [3.63, 3.8) is 0 Å². The third-order valence-corrected chi connectivity index (χ3v) is 4.24. The average Bonchev–Trinajstić information content (AvgIpc) is 2.47. The SMILES string of the molecule is COc1ccc(C)cc1NS(=O)(=O)c1cccc(C#N)c1. The van der Waals surface area contributed by atoms with E-state index in [0.717, 1.165) is 5.56 Å². The highest BCUT2D eigenvalue weighted by atomic mass is 32.2. The van der Waals surface area contributed by atoms with Crippen molar-refractivity contribution in [2.45, 2.75) is 11.8 Å². The Kier molecular flexibility index (Phi) is 4.15. The molecule has 21 heavy (non-hydrogen) atoms. The number of nitrogens with one attached hydrogen (secondary N) is 1. The summed E-state index contributed by atoms with van der Waals surface area (Å²) in [6, 6.07) is 13.0. The number of methoxy groups -OCH3 is 1. The molecule has 5 nitrogen and oxygen atoms in total. The minimum Gasteiger partial charge on any atom is -0.495 e. The van der Waals surface area contributed by atoms with E-state index in [-0.39, 0.29) is 10.5 Å². The highest BCUT2D eigenvalue weighted by molar-refractivity contribution is 7.92. The Morgan fingerprint density at radius 1 is 1.19 bits per heavy atom. The number of aryl methyl sites for hydroxylation is 1. The van der Waals surface area contributed by atoms with E-state index in [0.29, 0.717) is 11.4 Å². The van der Waals surface area contributed by atoms with Crippen molar-refractivity contribution in [1.29, 1.82) is 5.26 Å². The fourth-order valence-electron chi connectivity index (χ4n) is 1.84. The van der Waals surface area contributed by atoms with Crippen LogP contribution in [-0.2, 0) is 10.0 Å². The minimum absolute atomic E-state index is 0.0325. The van der Waals surface area contributed by atoms with Crippen molar-refractivity contribution >= 4 is 15.7 Å². The molecule has 0 unspecified atom stereocenters. The summed E-state index contributed by atoms with van der Waals surface area (Å²) in [7, 11) is -2.31. The topological polar surface area (TPSA) is 79.2 Å². The van der Waals surface area contributed by atoms with Crippen molar-refractivity contribution in [2.75, 3.05) is 11.8 Å². The number of ether oxygens (including phenoxy) is 1.